The zero-order chi connectivity index (χ0) is 14.0. The molecule has 0 radical (unpaired) electrons. The molecule has 0 aliphatic heterocycles. The van der Waals surface area contributed by atoms with E-state index in [1.165, 1.54) is 6.26 Å². The monoisotopic (exact) mass is 277 g/mol. The molecule has 18 heavy (non-hydrogen) atoms. The molecule has 0 spiro atoms. The van der Waals surface area contributed by atoms with Gasteiger partial charge in [0, 0.05) is 19.4 Å². The SMILES string of the molecule is CCC(C)(OC)C(N)C1CCCC(S(C)(=O)=O)C1. The number of rotatable bonds is 5. The van der Waals surface area contributed by atoms with Gasteiger partial charge in [0.05, 0.1) is 10.9 Å². The van der Waals surface area contributed by atoms with Crippen molar-refractivity contribution in [3.05, 3.63) is 0 Å². The number of methoxy groups -OCH3 is 1. The van der Waals surface area contributed by atoms with Crippen LogP contribution in [0.3, 0.4) is 0 Å². The molecule has 0 aromatic heterocycles. The zero-order valence-corrected chi connectivity index (χ0v) is 12.8. The summed E-state index contributed by atoms with van der Waals surface area (Å²) >= 11 is 0. The Morgan fingerprint density at radius 1 is 1.44 bits per heavy atom. The highest BCUT2D eigenvalue weighted by molar-refractivity contribution is 7.91. The van der Waals surface area contributed by atoms with Gasteiger partial charge < -0.3 is 10.5 Å². The van der Waals surface area contributed by atoms with Crippen molar-refractivity contribution in [1.29, 1.82) is 0 Å². The van der Waals surface area contributed by atoms with Crippen molar-refractivity contribution < 1.29 is 13.2 Å². The van der Waals surface area contributed by atoms with E-state index in [1.54, 1.807) is 7.11 Å². The summed E-state index contributed by atoms with van der Waals surface area (Å²) < 4.78 is 28.9. The summed E-state index contributed by atoms with van der Waals surface area (Å²) in [7, 11) is -1.27. The zero-order valence-electron chi connectivity index (χ0n) is 12.0. The Hall–Kier alpha value is -0.130. The Labute approximate surface area is 111 Å². The lowest BCUT2D eigenvalue weighted by Gasteiger charge is -2.41. The molecule has 1 rings (SSSR count). The molecule has 4 atom stereocenters. The number of hydrogen-bond acceptors (Lipinski definition) is 4. The van der Waals surface area contributed by atoms with Gasteiger partial charge in [-0.15, -0.1) is 0 Å². The Morgan fingerprint density at radius 3 is 2.50 bits per heavy atom. The standard InChI is InChI=1S/C13H27NO3S/c1-5-13(2,17-3)12(14)10-7-6-8-11(9-10)18(4,15)16/h10-12H,5-9,14H2,1-4H3. The summed E-state index contributed by atoms with van der Waals surface area (Å²) in [6.45, 7) is 4.07. The molecule has 4 nitrogen and oxygen atoms in total. The van der Waals surface area contributed by atoms with Crippen LogP contribution in [0.4, 0.5) is 0 Å². The van der Waals surface area contributed by atoms with Crippen LogP contribution in [0, 0.1) is 5.92 Å². The van der Waals surface area contributed by atoms with E-state index in [0.717, 1.165) is 25.7 Å². The van der Waals surface area contributed by atoms with Gasteiger partial charge in [-0.3, -0.25) is 0 Å². The Balaban J connectivity index is 2.78. The number of hydrogen-bond donors (Lipinski definition) is 1. The molecule has 0 aromatic carbocycles. The minimum atomic E-state index is -2.95. The largest absolute Gasteiger partial charge is 0.377 e. The van der Waals surface area contributed by atoms with Gasteiger partial charge in [0.15, 0.2) is 0 Å². The molecule has 1 aliphatic carbocycles. The van der Waals surface area contributed by atoms with Crippen molar-refractivity contribution in [3.63, 3.8) is 0 Å². The Morgan fingerprint density at radius 2 is 2.06 bits per heavy atom. The average Bonchev–Trinajstić information content (AvgIpc) is 2.36. The number of nitrogens with two attached hydrogens (primary N) is 1. The normalized spacial score (nSPS) is 30.7. The summed E-state index contributed by atoms with van der Waals surface area (Å²) in [5, 5.41) is -0.222. The van der Waals surface area contributed by atoms with Crippen LogP contribution in [0.1, 0.15) is 46.0 Å². The minimum absolute atomic E-state index is 0.1000. The second kappa shape index (κ2) is 5.88. The van der Waals surface area contributed by atoms with Crippen molar-refractivity contribution in [1.82, 2.24) is 0 Å². The Kier molecular flexibility index (Phi) is 5.21. The molecule has 1 fully saturated rings. The topological polar surface area (TPSA) is 69.4 Å². The molecule has 0 saturated heterocycles. The third kappa shape index (κ3) is 3.45. The highest BCUT2D eigenvalue weighted by atomic mass is 32.2. The first-order valence-electron chi connectivity index (χ1n) is 6.74. The molecule has 2 N–H and O–H groups in total. The van der Waals surface area contributed by atoms with Gasteiger partial charge >= 0.3 is 0 Å². The lowest BCUT2D eigenvalue weighted by atomic mass is 9.76. The van der Waals surface area contributed by atoms with E-state index in [1.807, 2.05) is 6.92 Å². The first-order valence-corrected chi connectivity index (χ1v) is 8.69. The lowest BCUT2D eigenvalue weighted by Crippen LogP contribution is -2.53. The van der Waals surface area contributed by atoms with Crippen LogP contribution in [0.15, 0.2) is 0 Å². The van der Waals surface area contributed by atoms with Crippen LogP contribution in [0.25, 0.3) is 0 Å². The van der Waals surface area contributed by atoms with E-state index in [9.17, 15) is 8.42 Å². The summed E-state index contributed by atoms with van der Waals surface area (Å²) in [4.78, 5) is 0. The first-order chi connectivity index (χ1) is 8.24. The minimum Gasteiger partial charge on any atom is -0.377 e. The molecule has 0 heterocycles. The van der Waals surface area contributed by atoms with Crippen LogP contribution in [0.5, 0.6) is 0 Å². The quantitative estimate of drug-likeness (QED) is 0.831. The van der Waals surface area contributed by atoms with Gasteiger partial charge in [-0.1, -0.05) is 13.3 Å². The molecule has 4 unspecified atom stereocenters. The van der Waals surface area contributed by atoms with Crippen molar-refractivity contribution in [3.8, 4) is 0 Å². The van der Waals surface area contributed by atoms with Gasteiger partial charge in [0.1, 0.15) is 9.84 Å². The molecule has 0 amide bonds. The fraction of sp³-hybridized carbons (Fsp3) is 1.00. The van der Waals surface area contributed by atoms with E-state index in [0.29, 0.717) is 6.42 Å². The summed E-state index contributed by atoms with van der Waals surface area (Å²) in [5.74, 6) is 0.239. The summed E-state index contributed by atoms with van der Waals surface area (Å²) in [6, 6.07) is -0.1000. The lowest BCUT2D eigenvalue weighted by molar-refractivity contribution is -0.0379. The number of ether oxygens (including phenoxy) is 1. The second-order valence-corrected chi connectivity index (χ2v) is 8.10. The van der Waals surface area contributed by atoms with E-state index >= 15 is 0 Å². The number of sulfone groups is 1. The van der Waals surface area contributed by atoms with E-state index in [4.69, 9.17) is 10.5 Å². The van der Waals surface area contributed by atoms with Gasteiger partial charge in [-0.05, 0) is 38.5 Å². The molecule has 1 aliphatic rings. The van der Waals surface area contributed by atoms with E-state index in [-0.39, 0.29) is 22.8 Å². The summed E-state index contributed by atoms with van der Waals surface area (Å²) in [5.41, 5.74) is 5.98. The maximum atomic E-state index is 11.7. The predicted octanol–water partition coefficient (Wildman–Crippen LogP) is 1.73. The second-order valence-electron chi connectivity index (χ2n) is 5.77. The van der Waals surface area contributed by atoms with Crippen molar-refractivity contribution in [2.24, 2.45) is 11.7 Å². The predicted molar refractivity (Wildman–Crippen MR) is 74.3 cm³/mol. The van der Waals surface area contributed by atoms with E-state index < -0.39 is 9.84 Å². The molecule has 0 aromatic rings. The van der Waals surface area contributed by atoms with E-state index in [2.05, 4.69) is 6.92 Å². The fourth-order valence-electron chi connectivity index (χ4n) is 2.91. The van der Waals surface area contributed by atoms with Crippen LogP contribution in [0.2, 0.25) is 0 Å². The molecule has 0 bridgehead atoms. The van der Waals surface area contributed by atoms with Crippen molar-refractivity contribution >= 4 is 9.84 Å². The van der Waals surface area contributed by atoms with Gasteiger partial charge in [0.25, 0.3) is 0 Å². The third-order valence-corrected chi connectivity index (χ3v) is 6.29. The Bertz CT molecular complexity index is 362. The molecular weight excluding hydrogens is 250 g/mol. The third-order valence-electron chi connectivity index (χ3n) is 4.65. The van der Waals surface area contributed by atoms with Crippen LogP contribution < -0.4 is 5.73 Å². The molecular formula is C13H27NO3S. The molecule has 1 saturated carbocycles. The average molecular weight is 277 g/mol. The smallest absolute Gasteiger partial charge is 0.150 e. The van der Waals surface area contributed by atoms with Gasteiger partial charge in [-0.2, -0.15) is 0 Å². The van der Waals surface area contributed by atoms with Crippen LogP contribution >= 0.6 is 0 Å². The maximum absolute atomic E-state index is 11.7. The first kappa shape index (κ1) is 15.9. The molecule has 5 heteroatoms. The summed E-state index contributed by atoms with van der Waals surface area (Å²) in [6.07, 6.45) is 5.58. The molecule has 108 valence electrons. The van der Waals surface area contributed by atoms with Crippen LogP contribution in [-0.4, -0.2) is 38.7 Å². The van der Waals surface area contributed by atoms with Gasteiger partial charge in [-0.25, -0.2) is 8.42 Å². The highest BCUT2D eigenvalue weighted by Crippen LogP contribution is 2.35. The maximum Gasteiger partial charge on any atom is 0.150 e. The fourth-order valence-corrected chi connectivity index (χ4v) is 4.10. The van der Waals surface area contributed by atoms with Crippen LogP contribution in [-0.2, 0) is 14.6 Å². The van der Waals surface area contributed by atoms with Crippen molar-refractivity contribution in [2.45, 2.75) is 62.8 Å². The van der Waals surface area contributed by atoms with Crippen molar-refractivity contribution in [2.75, 3.05) is 13.4 Å². The highest BCUT2D eigenvalue weighted by Gasteiger charge is 2.39. The van der Waals surface area contributed by atoms with Gasteiger partial charge in [0.2, 0.25) is 0 Å².